The fourth-order valence-corrected chi connectivity index (χ4v) is 4.47. The predicted molar refractivity (Wildman–Crippen MR) is 133 cm³/mol. The van der Waals surface area contributed by atoms with Crippen LogP contribution in [0.25, 0.3) is 11.4 Å². The molecule has 2 aromatic heterocycles. The molecule has 190 valence electrons. The lowest BCUT2D eigenvalue weighted by Gasteiger charge is -2.27. The van der Waals surface area contributed by atoms with Gasteiger partial charge in [0.2, 0.25) is 0 Å². The number of pyridine rings is 1. The molecule has 1 unspecified atom stereocenters. The highest BCUT2D eigenvalue weighted by Crippen LogP contribution is 2.30. The molecule has 10 heteroatoms. The van der Waals surface area contributed by atoms with Crippen LogP contribution < -0.4 is 15.4 Å². The van der Waals surface area contributed by atoms with E-state index in [0.717, 1.165) is 24.1 Å². The molecule has 2 heterocycles. The zero-order chi connectivity index (χ0) is 25.7. The number of carboxylic acids is 1. The molecule has 1 aliphatic carbocycles. The van der Waals surface area contributed by atoms with Crippen molar-refractivity contribution in [3.63, 3.8) is 0 Å². The van der Waals surface area contributed by atoms with Gasteiger partial charge in [0, 0.05) is 7.05 Å². The van der Waals surface area contributed by atoms with Gasteiger partial charge in [0.05, 0.1) is 41.7 Å². The molecule has 4 rings (SSSR count). The van der Waals surface area contributed by atoms with Crippen LogP contribution >= 0.6 is 0 Å². The van der Waals surface area contributed by atoms with E-state index >= 15 is 0 Å². The molecule has 0 saturated heterocycles. The summed E-state index contributed by atoms with van der Waals surface area (Å²) < 4.78 is 7.73. The number of benzene rings is 1. The number of nitrogens with one attached hydrogen (secondary N) is 2. The first-order valence-corrected chi connectivity index (χ1v) is 12.2. The first-order chi connectivity index (χ1) is 17.3. The molecule has 3 N–H and O–H groups in total. The van der Waals surface area contributed by atoms with Crippen molar-refractivity contribution in [1.82, 2.24) is 30.6 Å². The second kappa shape index (κ2) is 11.2. The number of hydrogen-bond acceptors (Lipinski definition) is 6. The quantitative estimate of drug-likeness (QED) is 0.436. The molecule has 0 aliphatic heterocycles. The van der Waals surface area contributed by atoms with Crippen molar-refractivity contribution < 1.29 is 19.4 Å². The van der Waals surface area contributed by atoms with Gasteiger partial charge in [-0.2, -0.15) is 0 Å². The second-order valence-electron chi connectivity index (χ2n) is 9.19. The van der Waals surface area contributed by atoms with Crippen LogP contribution in [0.4, 0.5) is 4.79 Å². The summed E-state index contributed by atoms with van der Waals surface area (Å²) in [6.07, 6.45) is 2.72. The summed E-state index contributed by atoms with van der Waals surface area (Å²) >= 11 is 0. The molecule has 3 aromatic rings. The molecule has 0 bridgehead atoms. The van der Waals surface area contributed by atoms with E-state index < -0.39 is 5.97 Å². The van der Waals surface area contributed by atoms with Gasteiger partial charge in [0.15, 0.2) is 0 Å². The third kappa shape index (κ3) is 5.99. The molecule has 36 heavy (non-hydrogen) atoms. The van der Waals surface area contributed by atoms with Crippen LogP contribution in [0.2, 0.25) is 0 Å². The predicted octanol–water partition coefficient (Wildman–Crippen LogP) is 3.77. The minimum atomic E-state index is -0.763. The Balaban J connectivity index is 1.40. The monoisotopic (exact) mass is 492 g/mol. The van der Waals surface area contributed by atoms with Crippen LogP contribution in [-0.2, 0) is 18.4 Å². The van der Waals surface area contributed by atoms with Gasteiger partial charge in [-0.05, 0) is 57.2 Å². The molecule has 10 nitrogen and oxygen atoms in total. The maximum absolute atomic E-state index is 12.5. The van der Waals surface area contributed by atoms with Gasteiger partial charge in [0.25, 0.3) is 0 Å². The van der Waals surface area contributed by atoms with Crippen LogP contribution in [0.3, 0.4) is 0 Å². The van der Waals surface area contributed by atoms with E-state index in [-0.39, 0.29) is 30.6 Å². The number of nitrogens with zero attached hydrogens (tertiary/aromatic N) is 4. The zero-order valence-corrected chi connectivity index (χ0v) is 20.8. The van der Waals surface area contributed by atoms with E-state index in [1.54, 1.807) is 11.7 Å². The van der Waals surface area contributed by atoms with Crippen LogP contribution in [0.15, 0.2) is 42.5 Å². The molecule has 0 spiro atoms. The molecule has 3 atom stereocenters. The highest BCUT2D eigenvalue weighted by Gasteiger charge is 2.28. The van der Waals surface area contributed by atoms with E-state index in [1.807, 2.05) is 56.3 Å². The first-order valence-electron chi connectivity index (χ1n) is 12.2. The maximum Gasteiger partial charge on any atom is 0.315 e. The van der Waals surface area contributed by atoms with Crippen molar-refractivity contribution in [3.05, 3.63) is 59.4 Å². The molecule has 1 fully saturated rings. The summed E-state index contributed by atoms with van der Waals surface area (Å²) in [5.41, 5.74) is 3.62. The van der Waals surface area contributed by atoms with Crippen LogP contribution in [0.1, 0.15) is 55.6 Å². The number of aliphatic carboxylic acids is 1. The first kappa shape index (κ1) is 25.2. The summed E-state index contributed by atoms with van der Waals surface area (Å²) in [5.74, 6) is -0.494. The molecule has 1 aliphatic rings. The number of hydrogen-bond donors (Lipinski definition) is 3. The number of aromatic nitrogens is 4. The summed E-state index contributed by atoms with van der Waals surface area (Å²) in [6, 6.07) is 13.0. The van der Waals surface area contributed by atoms with Gasteiger partial charge in [0.1, 0.15) is 11.4 Å². The van der Waals surface area contributed by atoms with Crippen molar-refractivity contribution in [2.24, 2.45) is 13.0 Å². The Morgan fingerprint density at radius 2 is 1.97 bits per heavy atom. The van der Waals surface area contributed by atoms with Crippen molar-refractivity contribution in [1.29, 1.82) is 0 Å². The average molecular weight is 493 g/mol. The number of amides is 2. The average Bonchev–Trinajstić information content (AvgIpc) is 3.24. The highest BCUT2D eigenvalue weighted by atomic mass is 16.5. The zero-order valence-electron chi connectivity index (χ0n) is 20.8. The minimum Gasteiger partial charge on any atom is -0.489 e. The summed E-state index contributed by atoms with van der Waals surface area (Å²) in [7, 11) is 1.77. The van der Waals surface area contributed by atoms with E-state index in [4.69, 9.17) is 4.74 Å². The summed E-state index contributed by atoms with van der Waals surface area (Å²) in [4.78, 5) is 28.5. The van der Waals surface area contributed by atoms with E-state index in [1.165, 1.54) is 0 Å². The largest absolute Gasteiger partial charge is 0.489 e. The SMILES string of the molecule is Cc1nc(-c2nnn(C)c2CNC(=O)NC(C)c2ccccc2)ccc1O[C@H]1CCC[C@H](C(=O)O)C1. The number of aryl methyl sites for hydroxylation is 2. The molecular formula is C26H32N6O4. The molecule has 2 amide bonds. The number of carbonyl (C=O) groups excluding carboxylic acids is 1. The third-order valence-electron chi connectivity index (χ3n) is 6.56. The Kier molecular flexibility index (Phi) is 7.82. The van der Waals surface area contributed by atoms with Crippen molar-refractivity contribution in [2.75, 3.05) is 0 Å². The van der Waals surface area contributed by atoms with Crippen LogP contribution in [0.5, 0.6) is 5.75 Å². The molecular weight excluding hydrogens is 460 g/mol. The molecule has 1 aromatic carbocycles. The lowest BCUT2D eigenvalue weighted by Crippen LogP contribution is -2.37. The van der Waals surface area contributed by atoms with Gasteiger partial charge >= 0.3 is 12.0 Å². The number of ether oxygens (including phenoxy) is 1. The summed E-state index contributed by atoms with van der Waals surface area (Å²) in [5, 5.41) is 23.5. The Morgan fingerprint density at radius 1 is 1.19 bits per heavy atom. The van der Waals surface area contributed by atoms with Crippen molar-refractivity contribution in [3.8, 4) is 17.1 Å². The maximum atomic E-state index is 12.5. The van der Waals surface area contributed by atoms with Crippen LogP contribution in [-0.4, -0.2) is 43.2 Å². The Labute approximate surface area is 210 Å². The standard InChI is InChI=1S/C26H32N6O4/c1-16(18-8-5-4-6-9-18)29-26(35)27-15-22-24(30-31-32(22)3)21-12-13-23(17(2)28-21)36-20-11-7-10-19(14-20)25(33)34/h4-6,8-9,12-13,16,19-20H,7,10-11,14-15H2,1-3H3,(H,33,34)(H2,27,29,35)/t16?,19-,20-/m0/s1. The lowest BCUT2D eigenvalue weighted by molar-refractivity contribution is -0.143. The molecule has 1 saturated carbocycles. The number of urea groups is 1. The van der Waals surface area contributed by atoms with Gasteiger partial charge in [-0.1, -0.05) is 35.5 Å². The van der Waals surface area contributed by atoms with Crippen LogP contribution in [0, 0.1) is 12.8 Å². The van der Waals surface area contributed by atoms with Crippen molar-refractivity contribution in [2.45, 2.75) is 58.2 Å². The Morgan fingerprint density at radius 3 is 2.69 bits per heavy atom. The van der Waals surface area contributed by atoms with E-state index in [2.05, 4.69) is 25.9 Å². The fraction of sp³-hybridized carbons (Fsp3) is 0.423. The Bertz CT molecular complexity index is 1210. The topological polar surface area (TPSA) is 131 Å². The smallest absolute Gasteiger partial charge is 0.315 e. The molecule has 0 radical (unpaired) electrons. The number of rotatable bonds is 8. The van der Waals surface area contributed by atoms with Crippen molar-refractivity contribution >= 4 is 12.0 Å². The van der Waals surface area contributed by atoms with E-state index in [9.17, 15) is 14.7 Å². The van der Waals surface area contributed by atoms with E-state index in [0.29, 0.717) is 35.7 Å². The fourth-order valence-electron chi connectivity index (χ4n) is 4.47. The lowest BCUT2D eigenvalue weighted by atomic mass is 9.87. The second-order valence-corrected chi connectivity index (χ2v) is 9.19. The summed E-state index contributed by atoms with van der Waals surface area (Å²) in [6.45, 7) is 4.00. The third-order valence-corrected chi connectivity index (χ3v) is 6.56. The van der Waals surface area contributed by atoms with Gasteiger partial charge in [-0.15, -0.1) is 5.10 Å². The highest BCUT2D eigenvalue weighted by molar-refractivity contribution is 5.74. The number of carboxylic acid groups (broad SMARTS) is 1. The van der Waals surface area contributed by atoms with Gasteiger partial charge in [-0.3, -0.25) is 4.79 Å². The van der Waals surface area contributed by atoms with Gasteiger partial charge < -0.3 is 20.5 Å². The Hall–Kier alpha value is -3.95. The normalized spacial score (nSPS) is 18.3. The minimum absolute atomic E-state index is 0.137. The number of carbonyl (C=O) groups is 2. The van der Waals surface area contributed by atoms with Gasteiger partial charge in [-0.25, -0.2) is 14.5 Å².